The molecule has 0 aliphatic carbocycles. The summed E-state index contributed by atoms with van der Waals surface area (Å²) in [5.74, 6) is 2.60. The highest BCUT2D eigenvalue weighted by atomic mass is 16.5. The van der Waals surface area contributed by atoms with Crippen LogP contribution < -0.4 is 10.6 Å². The Balaban J connectivity index is 1.44. The first kappa shape index (κ1) is 23.0. The van der Waals surface area contributed by atoms with Gasteiger partial charge < -0.3 is 24.7 Å². The number of aliphatic imine (C=N–C) groups is 1. The van der Waals surface area contributed by atoms with Crippen molar-refractivity contribution in [1.29, 1.82) is 0 Å². The fourth-order valence-corrected chi connectivity index (χ4v) is 4.04. The van der Waals surface area contributed by atoms with Crippen LogP contribution >= 0.6 is 0 Å². The molecule has 0 saturated carbocycles. The van der Waals surface area contributed by atoms with E-state index in [1.54, 1.807) is 0 Å². The summed E-state index contributed by atoms with van der Waals surface area (Å²) >= 11 is 0. The lowest BCUT2D eigenvalue weighted by Crippen LogP contribution is -2.45. The largest absolute Gasteiger partial charge is 0.379 e. The highest BCUT2D eigenvalue weighted by Crippen LogP contribution is 2.15. The minimum atomic E-state index is 0.291. The Kier molecular flexibility index (Phi) is 9.35. The van der Waals surface area contributed by atoms with Crippen LogP contribution in [0.5, 0.6) is 0 Å². The van der Waals surface area contributed by atoms with Crippen molar-refractivity contribution in [3.63, 3.8) is 0 Å². The lowest BCUT2D eigenvalue weighted by atomic mass is 10.2. The van der Waals surface area contributed by atoms with Gasteiger partial charge in [0.15, 0.2) is 11.8 Å². The van der Waals surface area contributed by atoms with Gasteiger partial charge in [0.05, 0.1) is 12.7 Å². The molecule has 9 heteroatoms. The van der Waals surface area contributed by atoms with Gasteiger partial charge >= 0.3 is 0 Å². The molecule has 2 unspecified atom stereocenters. The Labute approximate surface area is 180 Å². The molecule has 1 aromatic rings. The van der Waals surface area contributed by atoms with Crippen molar-refractivity contribution in [2.75, 3.05) is 46.0 Å². The Hall–Kier alpha value is -1.71. The first-order valence-corrected chi connectivity index (χ1v) is 11.5. The Morgan fingerprint density at radius 3 is 2.90 bits per heavy atom. The summed E-state index contributed by atoms with van der Waals surface area (Å²) < 4.78 is 13.3. The number of rotatable bonds is 11. The van der Waals surface area contributed by atoms with Crippen LogP contribution in [0.25, 0.3) is 0 Å². The second-order valence-corrected chi connectivity index (χ2v) is 8.18. The van der Waals surface area contributed by atoms with Gasteiger partial charge in [0.1, 0.15) is 12.4 Å². The van der Waals surface area contributed by atoms with Gasteiger partial charge in [0.25, 0.3) is 0 Å². The number of nitrogens with one attached hydrogen (secondary N) is 2. The molecule has 3 rings (SSSR count). The number of hydrogen-bond acceptors (Lipinski definition) is 6. The molecule has 2 atom stereocenters. The minimum absolute atomic E-state index is 0.291. The molecule has 0 aromatic carbocycles. The zero-order valence-electron chi connectivity index (χ0n) is 18.9. The van der Waals surface area contributed by atoms with Gasteiger partial charge in [-0.3, -0.25) is 4.90 Å². The molecule has 1 aromatic heterocycles. The standard InChI is InChI=1S/C21H39N7O2/c1-4-28-11-5-8-18(28)14-23-21(24-15-20-26-25-17(2)27(20)3)22-10-7-12-29-16-19-9-6-13-30-19/h18-19H,4-16H2,1-3H3,(H2,22,23,24). The third kappa shape index (κ3) is 6.92. The second-order valence-electron chi connectivity index (χ2n) is 8.18. The fourth-order valence-electron chi connectivity index (χ4n) is 4.04. The third-order valence-electron chi connectivity index (χ3n) is 6.06. The minimum Gasteiger partial charge on any atom is -0.379 e. The van der Waals surface area contributed by atoms with E-state index >= 15 is 0 Å². The SMILES string of the molecule is CCN1CCCC1CNC(=NCc1nnc(C)n1C)NCCCOCC1CCCO1. The van der Waals surface area contributed by atoms with Gasteiger partial charge in [-0.05, 0) is 52.1 Å². The number of aryl methyl sites for hydroxylation is 1. The maximum absolute atomic E-state index is 5.76. The van der Waals surface area contributed by atoms with E-state index in [2.05, 4.69) is 32.7 Å². The van der Waals surface area contributed by atoms with E-state index in [9.17, 15) is 0 Å². The second kappa shape index (κ2) is 12.2. The molecule has 2 aliphatic heterocycles. The average molecular weight is 422 g/mol. The Bertz CT molecular complexity index is 658. The molecule has 30 heavy (non-hydrogen) atoms. The molecule has 0 spiro atoms. The Morgan fingerprint density at radius 1 is 1.27 bits per heavy atom. The summed E-state index contributed by atoms with van der Waals surface area (Å²) in [5.41, 5.74) is 0. The van der Waals surface area contributed by atoms with Gasteiger partial charge in [-0.1, -0.05) is 6.92 Å². The molecule has 2 fully saturated rings. The number of hydrogen-bond donors (Lipinski definition) is 2. The van der Waals surface area contributed by atoms with Crippen LogP contribution in [-0.2, 0) is 23.1 Å². The van der Waals surface area contributed by atoms with Crippen LogP contribution in [0.15, 0.2) is 4.99 Å². The molecule has 0 bridgehead atoms. The van der Waals surface area contributed by atoms with E-state index in [1.165, 1.54) is 19.4 Å². The van der Waals surface area contributed by atoms with E-state index in [-0.39, 0.29) is 0 Å². The van der Waals surface area contributed by atoms with E-state index < -0.39 is 0 Å². The van der Waals surface area contributed by atoms with E-state index in [0.717, 1.165) is 69.7 Å². The lowest BCUT2D eigenvalue weighted by Gasteiger charge is -2.24. The highest BCUT2D eigenvalue weighted by Gasteiger charge is 2.22. The average Bonchev–Trinajstić information content (AvgIpc) is 3.49. The molecular formula is C21H39N7O2. The number of guanidine groups is 1. The van der Waals surface area contributed by atoms with Crippen LogP contribution in [0.1, 0.15) is 50.7 Å². The third-order valence-corrected chi connectivity index (χ3v) is 6.06. The fraction of sp³-hybridized carbons (Fsp3) is 0.857. The summed E-state index contributed by atoms with van der Waals surface area (Å²) in [7, 11) is 1.98. The van der Waals surface area contributed by atoms with Crippen molar-refractivity contribution in [3.05, 3.63) is 11.6 Å². The maximum Gasteiger partial charge on any atom is 0.191 e. The first-order valence-electron chi connectivity index (χ1n) is 11.5. The number of nitrogens with zero attached hydrogens (tertiary/aromatic N) is 5. The molecule has 0 amide bonds. The first-order chi connectivity index (χ1) is 14.7. The predicted octanol–water partition coefficient (Wildman–Crippen LogP) is 1.23. The summed E-state index contributed by atoms with van der Waals surface area (Å²) in [6.45, 7) is 11.0. The summed E-state index contributed by atoms with van der Waals surface area (Å²) in [6, 6.07) is 0.578. The van der Waals surface area contributed by atoms with E-state index in [0.29, 0.717) is 25.3 Å². The number of ether oxygens (including phenoxy) is 2. The van der Waals surface area contributed by atoms with Crippen molar-refractivity contribution < 1.29 is 9.47 Å². The summed E-state index contributed by atoms with van der Waals surface area (Å²) in [4.78, 5) is 7.29. The van der Waals surface area contributed by atoms with Crippen molar-refractivity contribution in [3.8, 4) is 0 Å². The van der Waals surface area contributed by atoms with Crippen LogP contribution in [0.2, 0.25) is 0 Å². The summed E-state index contributed by atoms with van der Waals surface area (Å²) in [5, 5.41) is 15.3. The predicted molar refractivity (Wildman–Crippen MR) is 118 cm³/mol. The van der Waals surface area contributed by atoms with Crippen LogP contribution in [0, 0.1) is 6.92 Å². The normalized spacial score (nSPS) is 22.7. The quantitative estimate of drug-likeness (QED) is 0.316. The monoisotopic (exact) mass is 421 g/mol. The van der Waals surface area contributed by atoms with Crippen molar-refractivity contribution in [2.24, 2.45) is 12.0 Å². The molecule has 170 valence electrons. The van der Waals surface area contributed by atoms with Gasteiger partial charge in [-0.15, -0.1) is 10.2 Å². The van der Waals surface area contributed by atoms with Crippen molar-refractivity contribution in [2.45, 2.75) is 64.6 Å². The molecule has 9 nitrogen and oxygen atoms in total. The molecule has 3 heterocycles. The lowest BCUT2D eigenvalue weighted by molar-refractivity contribution is 0.0168. The number of likely N-dealkylation sites (N-methyl/N-ethyl adjacent to an activating group) is 1. The molecule has 2 aliphatic rings. The highest BCUT2D eigenvalue weighted by molar-refractivity contribution is 5.79. The number of likely N-dealkylation sites (tertiary alicyclic amines) is 1. The zero-order valence-corrected chi connectivity index (χ0v) is 18.9. The van der Waals surface area contributed by atoms with Gasteiger partial charge in [-0.25, -0.2) is 4.99 Å². The topological polar surface area (TPSA) is 88.8 Å². The van der Waals surface area contributed by atoms with Gasteiger partial charge in [0.2, 0.25) is 0 Å². The molecule has 2 N–H and O–H groups in total. The molecule has 0 radical (unpaired) electrons. The molecular weight excluding hydrogens is 382 g/mol. The van der Waals surface area contributed by atoms with Gasteiger partial charge in [0, 0.05) is 39.4 Å². The van der Waals surface area contributed by atoms with Crippen LogP contribution in [0.4, 0.5) is 0 Å². The van der Waals surface area contributed by atoms with Crippen molar-refractivity contribution in [1.82, 2.24) is 30.3 Å². The number of aromatic nitrogens is 3. The van der Waals surface area contributed by atoms with Crippen molar-refractivity contribution >= 4 is 5.96 Å². The van der Waals surface area contributed by atoms with E-state index in [1.807, 2.05) is 18.5 Å². The molecule has 2 saturated heterocycles. The maximum atomic E-state index is 5.76. The van der Waals surface area contributed by atoms with Crippen LogP contribution in [0.3, 0.4) is 0 Å². The Morgan fingerprint density at radius 2 is 2.17 bits per heavy atom. The van der Waals surface area contributed by atoms with E-state index in [4.69, 9.17) is 14.5 Å². The van der Waals surface area contributed by atoms with Gasteiger partial charge in [-0.2, -0.15) is 0 Å². The zero-order chi connectivity index (χ0) is 21.2. The smallest absolute Gasteiger partial charge is 0.191 e. The summed E-state index contributed by atoms with van der Waals surface area (Å²) in [6.07, 6.45) is 6.02. The van der Waals surface area contributed by atoms with Crippen LogP contribution in [-0.4, -0.2) is 83.8 Å².